The Morgan fingerprint density at radius 2 is 2.07 bits per heavy atom. The summed E-state index contributed by atoms with van der Waals surface area (Å²) in [4.78, 5) is 0. The van der Waals surface area contributed by atoms with Gasteiger partial charge in [-0.3, -0.25) is 4.57 Å². The molecule has 0 aromatic rings. The molecule has 0 saturated heterocycles. The number of hydrogen-bond acceptors (Lipinski definition) is 5. The van der Waals surface area contributed by atoms with Crippen LogP contribution in [-0.2, 0) is 12.4 Å². The summed E-state index contributed by atoms with van der Waals surface area (Å²) >= 11 is 1.37. The second-order valence-electron chi connectivity index (χ2n) is 3.08. The quantitative estimate of drug-likeness (QED) is 0.506. The zero-order chi connectivity index (χ0) is 11.2. The van der Waals surface area contributed by atoms with Gasteiger partial charge in [-0.25, -0.2) is 0 Å². The Labute approximate surface area is 94.3 Å². The first-order valence-corrected chi connectivity index (χ1v) is 10.1. The fourth-order valence-corrected chi connectivity index (χ4v) is 7.37. The van der Waals surface area contributed by atoms with Crippen LogP contribution < -0.4 is 0 Å². The van der Waals surface area contributed by atoms with Crippen molar-refractivity contribution < 1.29 is 12.4 Å². The first-order chi connectivity index (χ1) is 6.50. The largest absolute Gasteiger partial charge is 0.426 e. The molecule has 0 radical (unpaired) electrons. The molecule has 0 aliphatic heterocycles. The standard InChI is InChI=1S/C7H21NO3SSi2/c1-7-8(2)14(6,10-12-4)11-13(5)9-3/h13H,7H2,1-6H3. The fourth-order valence-electron chi connectivity index (χ4n) is 0.971. The van der Waals surface area contributed by atoms with Crippen LogP contribution in [0.4, 0.5) is 0 Å². The van der Waals surface area contributed by atoms with Crippen LogP contribution in [-0.4, -0.2) is 49.5 Å². The van der Waals surface area contributed by atoms with E-state index >= 15 is 0 Å². The van der Waals surface area contributed by atoms with Crippen LogP contribution in [0.5, 0.6) is 0 Å². The molecule has 2 atom stereocenters. The molecule has 0 bridgehead atoms. The van der Waals surface area contributed by atoms with E-state index in [2.05, 4.69) is 18.0 Å². The molecule has 14 heavy (non-hydrogen) atoms. The van der Waals surface area contributed by atoms with E-state index in [1.807, 2.05) is 19.9 Å². The normalized spacial score (nSPS) is 18.2. The highest BCUT2D eigenvalue weighted by Crippen LogP contribution is 2.18. The van der Waals surface area contributed by atoms with E-state index in [1.54, 1.807) is 7.11 Å². The molecule has 0 aromatic carbocycles. The SMILES string of the molecule is CCN(C)[Si](C)(OSC)O[SiH](C)OC. The maximum atomic E-state index is 5.92. The van der Waals surface area contributed by atoms with E-state index in [0.717, 1.165) is 6.54 Å². The third-order valence-corrected chi connectivity index (χ3v) is 9.47. The molecule has 0 rings (SSSR count). The van der Waals surface area contributed by atoms with Gasteiger partial charge in [-0.1, -0.05) is 6.92 Å². The molecular weight excluding hydrogens is 234 g/mol. The second-order valence-corrected chi connectivity index (χ2v) is 9.19. The van der Waals surface area contributed by atoms with Gasteiger partial charge < -0.3 is 12.4 Å². The molecule has 4 nitrogen and oxygen atoms in total. The Morgan fingerprint density at radius 1 is 1.50 bits per heavy atom. The molecule has 0 N–H and O–H groups in total. The molecule has 0 heterocycles. The average molecular weight is 255 g/mol. The van der Waals surface area contributed by atoms with Crippen molar-refractivity contribution in [3.05, 3.63) is 0 Å². The predicted octanol–water partition coefficient (Wildman–Crippen LogP) is 1.31. The van der Waals surface area contributed by atoms with E-state index in [-0.39, 0.29) is 0 Å². The van der Waals surface area contributed by atoms with E-state index < -0.39 is 18.0 Å². The highest BCUT2D eigenvalue weighted by Gasteiger charge is 2.39. The van der Waals surface area contributed by atoms with Crippen LogP contribution in [0.15, 0.2) is 0 Å². The van der Waals surface area contributed by atoms with E-state index in [4.69, 9.17) is 12.4 Å². The zero-order valence-electron chi connectivity index (χ0n) is 9.86. The third-order valence-electron chi connectivity index (χ3n) is 2.12. The maximum Gasteiger partial charge on any atom is 0.426 e. The van der Waals surface area contributed by atoms with Gasteiger partial charge in [-0.05, 0) is 38.7 Å². The first-order valence-electron chi connectivity index (χ1n) is 4.63. The molecule has 0 saturated carbocycles. The molecule has 7 heteroatoms. The average Bonchev–Trinajstić information content (AvgIpc) is 2.16. The summed E-state index contributed by atoms with van der Waals surface area (Å²) in [6, 6.07) is 0. The van der Waals surface area contributed by atoms with Crippen LogP contribution >= 0.6 is 12.0 Å². The van der Waals surface area contributed by atoms with Gasteiger partial charge in [0.25, 0.3) is 0 Å². The number of nitrogens with zero attached hydrogens (tertiary/aromatic N) is 1. The van der Waals surface area contributed by atoms with Gasteiger partial charge in [0.15, 0.2) is 0 Å². The van der Waals surface area contributed by atoms with E-state index in [1.165, 1.54) is 12.0 Å². The molecular formula is C7H21NO3SSi2. The van der Waals surface area contributed by atoms with Crippen LogP contribution in [0.1, 0.15) is 6.92 Å². The summed E-state index contributed by atoms with van der Waals surface area (Å²) < 4.78 is 19.0. The lowest BCUT2D eigenvalue weighted by molar-refractivity contribution is 0.260. The first kappa shape index (κ1) is 14.6. The Balaban J connectivity index is 4.37. The summed E-state index contributed by atoms with van der Waals surface area (Å²) in [5, 5.41) is 0. The highest BCUT2D eigenvalue weighted by molar-refractivity contribution is 7.94. The number of rotatable bonds is 7. The van der Waals surface area contributed by atoms with Crippen molar-refractivity contribution in [1.82, 2.24) is 4.57 Å². The summed E-state index contributed by atoms with van der Waals surface area (Å²) in [7, 11) is -0.0119. The molecule has 0 aromatic heterocycles. The van der Waals surface area contributed by atoms with Crippen LogP contribution in [0, 0.1) is 0 Å². The van der Waals surface area contributed by atoms with Crippen LogP contribution in [0.3, 0.4) is 0 Å². The lowest BCUT2D eigenvalue weighted by Gasteiger charge is -2.34. The van der Waals surface area contributed by atoms with Gasteiger partial charge in [0.05, 0.1) is 0 Å². The molecule has 0 aliphatic rings. The van der Waals surface area contributed by atoms with Crippen molar-refractivity contribution in [2.24, 2.45) is 0 Å². The van der Waals surface area contributed by atoms with Gasteiger partial charge in [0.2, 0.25) is 0 Å². The van der Waals surface area contributed by atoms with Gasteiger partial charge in [0, 0.05) is 13.4 Å². The Bertz CT molecular complexity index is 166. The monoisotopic (exact) mass is 255 g/mol. The smallest absolute Gasteiger partial charge is 0.404 e. The molecule has 86 valence electrons. The third kappa shape index (κ3) is 4.43. The van der Waals surface area contributed by atoms with Gasteiger partial charge in [-0.2, -0.15) is 0 Å². The number of hydrogen-bond donors (Lipinski definition) is 0. The van der Waals surface area contributed by atoms with Crippen LogP contribution in [0.25, 0.3) is 0 Å². The lowest BCUT2D eigenvalue weighted by atomic mass is 10.8. The van der Waals surface area contributed by atoms with E-state index in [9.17, 15) is 0 Å². The van der Waals surface area contributed by atoms with Crippen molar-refractivity contribution in [3.8, 4) is 0 Å². The Kier molecular flexibility index (Phi) is 7.30. The predicted molar refractivity (Wildman–Crippen MR) is 65.6 cm³/mol. The fraction of sp³-hybridized carbons (Fsp3) is 1.00. The summed E-state index contributed by atoms with van der Waals surface area (Å²) in [5.41, 5.74) is 0. The second kappa shape index (κ2) is 6.99. The van der Waals surface area contributed by atoms with Crippen molar-refractivity contribution >= 4 is 30.0 Å². The van der Waals surface area contributed by atoms with Gasteiger partial charge >= 0.3 is 18.0 Å². The maximum absolute atomic E-state index is 5.92. The highest BCUT2D eigenvalue weighted by atomic mass is 32.2. The summed E-state index contributed by atoms with van der Waals surface area (Å²) in [5.74, 6) is 0. The molecule has 2 unspecified atom stereocenters. The lowest BCUT2D eigenvalue weighted by Crippen LogP contribution is -2.55. The minimum absolute atomic E-state index is 0.925. The van der Waals surface area contributed by atoms with Crippen molar-refractivity contribution in [3.63, 3.8) is 0 Å². The van der Waals surface area contributed by atoms with Crippen LogP contribution in [0.2, 0.25) is 13.1 Å². The van der Waals surface area contributed by atoms with Crippen molar-refractivity contribution in [1.29, 1.82) is 0 Å². The zero-order valence-corrected chi connectivity index (χ0v) is 12.8. The molecule has 0 spiro atoms. The molecule has 0 amide bonds. The van der Waals surface area contributed by atoms with Crippen molar-refractivity contribution in [2.75, 3.05) is 27.0 Å². The molecule has 0 fully saturated rings. The van der Waals surface area contributed by atoms with Crippen molar-refractivity contribution in [2.45, 2.75) is 20.0 Å². The van der Waals surface area contributed by atoms with E-state index in [0.29, 0.717) is 0 Å². The topological polar surface area (TPSA) is 30.9 Å². The minimum Gasteiger partial charge on any atom is -0.404 e. The minimum atomic E-state index is -2.20. The molecule has 0 aliphatic carbocycles. The van der Waals surface area contributed by atoms with Gasteiger partial charge in [-0.15, -0.1) is 0 Å². The summed E-state index contributed by atoms with van der Waals surface area (Å²) in [6.07, 6.45) is 1.91. The Hall–Kier alpha value is 0.624. The Morgan fingerprint density at radius 3 is 2.43 bits per heavy atom. The van der Waals surface area contributed by atoms with Gasteiger partial charge in [0.1, 0.15) is 0 Å². The summed E-state index contributed by atoms with van der Waals surface area (Å²) in [6.45, 7) is 7.08.